The minimum atomic E-state index is 0.0541. The predicted molar refractivity (Wildman–Crippen MR) is 80.6 cm³/mol. The maximum absolute atomic E-state index is 12.3. The monoisotopic (exact) mass is 302 g/mol. The Bertz CT molecular complexity index is 996. The average Bonchev–Trinajstić information content (AvgIpc) is 2.52. The fourth-order valence-electron chi connectivity index (χ4n) is 2.52. The summed E-state index contributed by atoms with van der Waals surface area (Å²) in [7, 11) is 0. The van der Waals surface area contributed by atoms with Crippen LogP contribution in [-0.2, 0) is 0 Å². The fraction of sp³-hybridized carbons (Fsp3) is 0.286. The molecule has 0 unspecified atom stereocenters. The van der Waals surface area contributed by atoms with Gasteiger partial charge in [-0.3, -0.25) is 0 Å². The molecule has 0 fully saturated rings. The zero-order valence-corrected chi connectivity index (χ0v) is 12.6. The summed E-state index contributed by atoms with van der Waals surface area (Å²) in [4.78, 5) is 24.5. The van der Waals surface area contributed by atoms with E-state index in [0.29, 0.717) is 18.3 Å². The second-order valence-electron chi connectivity index (χ2n) is 5.35. The molecule has 0 atom stereocenters. The smallest absolute Gasteiger partial charge is 0.293 e. The Kier molecular flexibility index (Phi) is 2.74. The third-order valence-electron chi connectivity index (χ3n) is 4.21. The van der Waals surface area contributed by atoms with Crippen LogP contribution >= 0.6 is 0 Å². The molecular formula is C14H14N4O4. The number of fused-ring (bicyclic) bond motifs is 2. The van der Waals surface area contributed by atoms with Gasteiger partial charge >= 0.3 is 0 Å². The van der Waals surface area contributed by atoms with Gasteiger partial charge < -0.3 is 19.9 Å². The van der Waals surface area contributed by atoms with Crippen LogP contribution in [0.2, 0.25) is 0 Å². The lowest BCUT2D eigenvalue weighted by Crippen LogP contribution is -2.28. The molecule has 1 aromatic carbocycles. The van der Waals surface area contributed by atoms with Crippen LogP contribution in [0.15, 0.2) is 12.1 Å². The molecular weight excluding hydrogens is 288 g/mol. The zero-order chi connectivity index (χ0) is 16.3. The van der Waals surface area contributed by atoms with Gasteiger partial charge in [0.15, 0.2) is 0 Å². The highest BCUT2D eigenvalue weighted by molar-refractivity contribution is 5.88. The standard InChI is InChI=1S/C14H14N4O4/c1-7-8(2)16(20)12-6-14-13(5-11(12)15(7)19)17(21)9(3)10(4)18(14)22/h5-6H,1-4H3. The summed E-state index contributed by atoms with van der Waals surface area (Å²) >= 11 is 0. The highest BCUT2D eigenvalue weighted by Crippen LogP contribution is 2.21. The second kappa shape index (κ2) is 4.30. The molecule has 0 N–H and O–H groups in total. The van der Waals surface area contributed by atoms with Crippen molar-refractivity contribution in [2.24, 2.45) is 0 Å². The summed E-state index contributed by atoms with van der Waals surface area (Å²) in [5, 5.41) is 24.5. The van der Waals surface area contributed by atoms with E-state index in [9.17, 15) is 20.2 Å². The van der Waals surface area contributed by atoms with Crippen LogP contribution in [0.25, 0.3) is 22.1 Å². The third-order valence-corrected chi connectivity index (χ3v) is 4.21. The number of benzene rings is 1. The van der Waals surface area contributed by atoms with Gasteiger partial charge in [-0.2, -0.15) is 0 Å². The van der Waals surface area contributed by atoms with E-state index in [-0.39, 0.29) is 44.8 Å². The molecule has 114 valence electrons. The van der Waals surface area contributed by atoms with Gasteiger partial charge in [0.2, 0.25) is 0 Å². The van der Waals surface area contributed by atoms with Crippen molar-refractivity contribution in [3.8, 4) is 0 Å². The fourth-order valence-corrected chi connectivity index (χ4v) is 2.52. The van der Waals surface area contributed by atoms with Crippen molar-refractivity contribution in [1.82, 2.24) is 9.46 Å². The number of hydrogen-bond donors (Lipinski definition) is 0. The van der Waals surface area contributed by atoms with Crippen LogP contribution in [0.4, 0.5) is 0 Å². The van der Waals surface area contributed by atoms with Crippen LogP contribution in [0.5, 0.6) is 0 Å². The van der Waals surface area contributed by atoms with Gasteiger partial charge in [0.25, 0.3) is 22.4 Å². The molecule has 0 spiro atoms. The van der Waals surface area contributed by atoms with E-state index in [1.807, 2.05) is 0 Å². The number of nitrogens with zero attached hydrogens (tertiary/aromatic N) is 4. The molecule has 22 heavy (non-hydrogen) atoms. The normalized spacial score (nSPS) is 11.5. The van der Waals surface area contributed by atoms with Crippen LogP contribution < -0.4 is 8.85 Å². The van der Waals surface area contributed by atoms with Crippen molar-refractivity contribution in [2.45, 2.75) is 27.7 Å². The van der Waals surface area contributed by atoms with Crippen LogP contribution in [0.3, 0.4) is 0 Å². The van der Waals surface area contributed by atoms with E-state index >= 15 is 0 Å². The minimum Gasteiger partial charge on any atom is -0.805 e. The van der Waals surface area contributed by atoms with Gasteiger partial charge in [-0.1, -0.05) is 0 Å². The van der Waals surface area contributed by atoms with Gasteiger partial charge in [0.1, 0.15) is 11.0 Å². The summed E-state index contributed by atoms with van der Waals surface area (Å²) < 4.78 is 2.40. The lowest BCUT2D eigenvalue weighted by Gasteiger charge is -2.18. The van der Waals surface area contributed by atoms with E-state index in [1.54, 1.807) is 0 Å². The van der Waals surface area contributed by atoms with Gasteiger partial charge in [0.05, 0.1) is 26.3 Å². The largest absolute Gasteiger partial charge is 0.805 e. The summed E-state index contributed by atoms with van der Waals surface area (Å²) in [6.07, 6.45) is 0. The first-order valence-electron chi connectivity index (χ1n) is 6.67. The molecule has 2 heterocycles. The van der Waals surface area contributed by atoms with E-state index in [4.69, 9.17) is 0 Å². The Hall–Kier alpha value is -2.90. The summed E-state index contributed by atoms with van der Waals surface area (Å²) in [6.45, 7) is 6.11. The lowest BCUT2D eigenvalue weighted by atomic mass is 10.2. The minimum absolute atomic E-state index is 0.0541. The van der Waals surface area contributed by atoms with E-state index < -0.39 is 0 Å². The molecule has 0 saturated heterocycles. The first-order chi connectivity index (χ1) is 10.3. The van der Waals surface area contributed by atoms with Crippen molar-refractivity contribution in [3.63, 3.8) is 0 Å². The molecule has 0 saturated carbocycles. The molecule has 0 amide bonds. The van der Waals surface area contributed by atoms with Crippen molar-refractivity contribution < 1.29 is 8.85 Å². The van der Waals surface area contributed by atoms with E-state index in [0.717, 1.165) is 0 Å². The summed E-state index contributed by atoms with van der Waals surface area (Å²) in [5.41, 5.74) is 1.21. The van der Waals surface area contributed by atoms with Crippen molar-refractivity contribution in [3.05, 3.63) is 55.1 Å². The Labute approximate surface area is 124 Å². The topological polar surface area (TPSA) is 102 Å². The Morgan fingerprint density at radius 2 is 1.14 bits per heavy atom. The molecule has 3 rings (SSSR count). The number of aromatic nitrogens is 4. The van der Waals surface area contributed by atoms with Crippen LogP contribution in [-0.4, -0.2) is 9.46 Å². The Balaban J connectivity index is 2.71. The molecule has 8 nitrogen and oxygen atoms in total. The maximum atomic E-state index is 12.3. The average molecular weight is 302 g/mol. The van der Waals surface area contributed by atoms with Crippen LogP contribution in [0, 0.1) is 47.9 Å². The van der Waals surface area contributed by atoms with E-state index in [2.05, 4.69) is 0 Å². The zero-order valence-electron chi connectivity index (χ0n) is 12.6. The van der Waals surface area contributed by atoms with E-state index in [1.165, 1.54) is 39.8 Å². The second-order valence-corrected chi connectivity index (χ2v) is 5.35. The summed E-state index contributed by atoms with van der Waals surface area (Å²) in [5.74, 6) is 0. The van der Waals surface area contributed by atoms with Gasteiger partial charge in [-0.05, 0) is 19.9 Å². The van der Waals surface area contributed by atoms with Crippen molar-refractivity contribution in [2.75, 3.05) is 0 Å². The Morgan fingerprint density at radius 1 is 0.773 bits per heavy atom. The Morgan fingerprint density at radius 3 is 1.50 bits per heavy atom. The number of hydrogen-bond acceptors (Lipinski definition) is 4. The summed E-state index contributed by atoms with van der Waals surface area (Å²) in [6, 6.07) is 2.57. The first-order valence-corrected chi connectivity index (χ1v) is 6.67. The molecule has 0 radical (unpaired) electrons. The highest BCUT2D eigenvalue weighted by Gasteiger charge is 2.23. The quantitative estimate of drug-likeness (QED) is 0.462. The highest BCUT2D eigenvalue weighted by atomic mass is 16.5. The lowest BCUT2D eigenvalue weighted by molar-refractivity contribution is -0.478. The third kappa shape index (κ3) is 1.57. The van der Waals surface area contributed by atoms with Gasteiger partial charge in [-0.25, -0.2) is 0 Å². The van der Waals surface area contributed by atoms with Crippen molar-refractivity contribution in [1.29, 1.82) is 0 Å². The maximum Gasteiger partial charge on any atom is 0.293 e. The van der Waals surface area contributed by atoms with Gasteiger partial charge in [0, 0.05) is 23.7 Å². The predicted octanol–water partition coefficient (Wildman–Crippen LogP) is 1.35. The van der Waals surface area contributed by atoms with Gasteiger partial charge in [-0.15, -0.1) is 0 Å². The van der Waals surface area contributed by atoms with Crippen LogP contribution in [0.1, 0.15) is 22.8 Å². The van der Waals surface area contributed by atoms with Crippen molar-refractivity contribution >= 4 is 22.1 Å². The molecule has 2 aromatic heterocycles. The SMILES string of the molecule is Cc1c(C)[n+](=O)c2cc3c(cc2n1[O-])n([O-])c(C)c(C)[n+]3=O. The molecule has 0 aliphatic heterocycles. The molecule has 0 aliphatic rings. The molecule has 0 aliphatic carbocycles. The number of rotatable bonds is 0. The molecule has 3 aromatic rings. The molecule has 0 bridgehead atoms. The first kappa shape index (κ1) is 14.1. The molecule has 8 heteroatoms.